The number of halogens is 1. The summed E-state index contributed by atoms with van der Waals surface area (Å²) < 4.78 is 15.4. The number of hydrogen-bond acceptors (Lipinski definition) is 3. The van der Waals surface area contributed by atoms with Crippen LogP contribution in [0.1, 0.15) is 31.7 Å². The van der Waals surface area contributed by atoms with Gasteiger partial charge in [0.2, 0.25) is 5.95 Å². The van der Waals surface area contributed by atoms with E-state index in [4.69, 9.17) is 5.73 Å². The number of fused-ring (bicyclic) bond motifs is 2. The smallest absolute Gasteiger partial charge is 0.201 e. The first kappa shape index (κ1) is 12.1. The minimum atomic E-state index is -0.257. The Balaban J connectivity index is 1.72. The minimum Gasteiger partial charge on any atom is -0.369 e. The van der Waals surface area contributed by atoms with Crippen molar-refractivity contribution in [3.8, 4) is 0 Å². The number of hydrogen-bond donors (Lipinski definition) is 1. The number of benzene rings is 1. The second-order valence-electron chi connectivity index (χ2n) is 5.98. The van der Waals surface area contributed by atoms with Crippen molar-refractivity contribution in [2.24, 2.45) is 0 Å². The summed E-state index contributed by atoms with van der Waals surface area (Å²) in [6, 6.07) is 5.84. The van der Waals surface area contributed by atoms with E-state index < -0.39 is 0 Å². The van der Waals surface area contributed by atoms with Gasteiger partial charge in [-0.2, -0.15) is 0 Å². The molecule has 20 heavy (non-hydrogen) atoms. The van der Waals surface area contributed by atoms with Gasteiger partial charge in [0.1, 0.15) is 5.82 Å². The molecule has 2 unspecified atom stereocenters. The molecule has 2 atom stereocenters. The molecule has 0 spiro atoms. The molecule has 2 fully saturated rings. The Bertz CT molecular complexity index is 651. The molecule has 0 saturated carbocycles. The number of nitrogens with two attached hydrogens (primary N) is 1. The summed E-state index contributed by atoms with van der Waals surface area (Å²) in [6.07, 6.45) is 4.83. The predicted molar refractivity (Wildman–Crippen MR) is 77.0 cm³/mol. The molecule has 2 aromatic rings. The Morgan fingerprint density at radius 3 is 3.00 bits per heavy atom. The van der Waals surface area contributed by atoms with Crippen LogP contribution in [0.4, 0.5) is 10.3 Å². The van der Waals surface area contributed by atoms with Gasteiger partial charge in [-0.1, -0.05) is 0 Å². The summed E-state index contributed by atoms with van der Waals surface area (Å²) in [6.45, 7) is 2.37. The fourth-order valence-corrected chi connectivity index (χ4v) is 3.91. The number of imidazole rings is 1. The zero-order valence-electron chi connectivity index (χ0n) is 11.4. The molecule has 0 bridgehead atoms. The van der Waals surface area contributed by atoms with E-state index >= 15 is 0 Å². The Hall–Kier alpha value is -1.62. The molecule has 2 N–H and O–H groups in total. The van der Waals surface area contributed by atoms with E-state index in [1.54, 1.807) is 6.07 Å². The third kappa shape index (κ3) is 1.80. The van der Waals surface area contributed by atoms with Crippen LogP contribution in [0, 0.1) is 5.82 Å². The number of rotatable bonds is 1. The highest BCUT2D eigenvalue weighted by molar-refractivity contribution is 5.78. The van der Waals surface area contributed by atoms with Crippen molar-refractivity contribution in [2.75, 3.05) is 18.8 Å². The Morgan fingerprint density at radius 2 is 2.10 bits per heavy atom. The van der Waals surface area contributed by atoms with Gasteiger partial charge in [0.15, 0.2) is 0 Å². The summed E-state index contributed by atoms with van der Waals surface area (Å²) in [7, 11) is 0. The first-order valence-electron chi connectivity index (χ1n) is 7.39. The molecule has 3 heterocycles. The second kappa shape index (κ2) is 4.45. The molecule has 0 amide bonds. The summed E-state index contributed by atoms with van der Waals surface area (Å²) in [5.74, 6) is 0.259. The standard InChI is InChI=1S/C15H19FN4/c16-10-3-4-14-13(8-10)18-15(17)20(14)12-5-7-19-6-1-2-11(19)9-12/h3-4,8,11-12H,1-2,5-7,9H2,(H2,17,18). The van der Waals surface area contributed by atoms with E-state index in [2.05, 4.69) is 14.5 Å². The molecule has 1 aromatic heterocycles. The quantitative estimate of drug-likeness (QED) is 0.869. The lowest BCUT2D eigenvalue weighted by molar-refractivity contribution is 0.158. The summed E-state index contributed by atoms with van der Waals surface area (Å²) in [5.41, 5.74) is 7.71. The molecule has 0 radical (unpaired) electrons. The average molecular weight is 274 g/mol. The molecule has 0 aliphatic carbocycles. The van der Waals surface area contributed by atoms with Crippen LogP contribution in [0.25, 0.3) is 11.0 Å². The van der Waals surface area contributed by atoms with Crippen LogP contribution in [-0.2, 0) is 0 Å². The van der Waals surface area contributed by atoms with Crippen LogP contribution < -0.4 is 5.73 Å². The highest BCUT2D eigenvalue weighted by atomic mass is 19.1. The van der Waals surface area contributed by atoms with Gasteiger partial charge in [0.25, 0.3) is 0 Å². The minimum absolute atomic E-state index is 0.257. The summed E-state index contributed by atoms with van der Waals surface area (Å²) in [5, 5.41) is 0. The number of anilines is 1. The van der Waals surface area contributed by atoms with Crippen LogP contribution in [0.5, 0.6) is 0 Å². The molecule has 2 aliphatic rings. The third-order valence-electron chi connectivity index (χ3n) is 4.84. The maximum Gasteiger partial charge on any atom is 0.201 e. The molecule has 4 nitrogen and oxygen atoms in total. The molecule has 106 valence electrons. The van der Waals surface area contributed by atoms with E-state index in [0.29, 0.717) is 23.5 Å². The Labute approximate surface area is 117 Å². The molecule has 4 rings (SSSR count). The first-order valence-corrected chi connectivity index (χ1v) is 7.39. The maximum atomic E-state index is 13.3. The van der Waals surface area contributed by atoms with Gasteiger partial charge < -0.3 is 15.2 Å². The van der Waals surface area contributed by atoms with Crippen molar-refractivity contribution in [1.82, 2.24) is 14.5 Å². The topological polar surface area (TPSA) is 47.1 Å². The third-order valence-corrected chi connectivity index (χ3v) is 4.84. The van der Waals surface area contributed by atoms with E-state index in [1.165, 1.54) is 31.5 Å². The molecular formula is C15H19FN4. The number of piperidine rings is 1. The van der Waals surface area contributed by atoms with Crippen LogP contribution >= 0.6 is 0 Å². The van der Waals surface area contributed by atoms with Gasteiger partial charge in [0, 0.05) is 24.7 Å². The van der Waals surface area contributed by atoms with Gasteiger partial charge in [-0.25, -0.2) is 9.37 Å². The van der Waals surface area contributed by atoms with Crippen LogP contribution in [0.3, 0.4) is 0 Å². The lowest BCUT2D eigenvalue weighted by Crippen LogP contribution is -2.38. The fourth-order valence-electron chi connectivity index (χ4n) is 3.91. The highest BCUT2D eigenvalue weighted by Crippen LogP contribution is 2.36. The van der Waals surface area contributed by atoms with Gasteiger partial charge in [-0.05, 0) is 44.4 Å². The lowest BCUT2D eigenvalue weighted by atomic mass is 9.97. The zero-order valence-corrected chi connectivity index (χ0v) is 11.4. The second-order valence-corrected chi connectivity index (χ2v) is 5.98. The first-order chi connectivity index (χ1) is 9.72. The SMILES string of the molecule is Nc1nc2cc(F)ccc2n1C1CCN2CCCC2C1. The maximum absolute atomic E-state index is 13.3. The summed E-state index contributed by atoms with van der Waals surface area (Å²) in [4.78, 5) is 6.91. The van der Waals surface area contributed by atoms with Crippen molar-refractivity contribution in [3.63, 3.8) is 0 Å². The molecular weight excluding hydrogens is 255 g/mol. The normalized spacial score (nSPS) is 27.1. The molecule has 1 aromatic carbocycles. The van der Waals surface area contributed by atoms with Crippen molar-refractivity contribution >= 4 is 17.0 Å². The highest BCUT2D eigenvalue weighted by Gasteiger charge is 2.33. The Morgan fingerprint density at radius 1 is 1.20 bits per heavy atom. The largest absolute Gasteiger partial charge is 0.369 e. The molecule has 2 aliphatic heterocycles. The summed E-state index contributed by atoms with van der Waals surface area (Å²) >= 11 is 0. The van der Waals surface area contributed by atoms with Gasteiger partial charge >= 0.3 is 0 Å². The zero-order chi connectivity index (χ0) is 13.7. The van der Waals surface area contributed by atoms with E-state index in [0.717, 1.165) is 24.9 Å². The molecule has 5 heteroatoms. The fraction of sp³-hybridized carbons (Fsp3) is 0.533. The van der Waals surface area contributed by atoms with Gasteiger partial charge in [-0.3, -0.25) is 0 Å². The van der Waals surface area contributed by atoms with Crippen LogP contribution in [0.15, 0.2) is 18.2 Å². The van der Waals surface area contributed by atoms with Crippen molar-refractivity contribution < 1.29 is 4.39 Å². The molecule has 2 saturated heterocycles. The van der Waals surface area contributed by atoms with Gasteiger partial charge in [0.05, 0.1) is 11.0 Å². The Kier molecular flexibility index (Phi) is 2.70. The number of nitrogen functional groups attached to an aromatic ring is 1. The van der Waals surface area contributed by atoms with Crippen molar-refractivity contribution in [1.29, 1.82) is 0 Å². The number of nitrogens with zero attached hydrogens (tertiary/aromatic N) is 3. The average Bonchev–Trinajstić information content (AvgIpc) is 3.00. The monoisotopic (exact) mass is 274 g/mol. The van der Waals surface area contributed by atoms with Crippen molar-refractivity contribution in [3.05, 3.63) is 24.0 Å². The van der Waals surface area contributed by atoms with Crippen LogP contribution in [-0.4, -0.2) is 33.6 Å². The van der Waals surface area contributed by atoms with Crippen LogP contribution in [0.2, 0.25) is 0 Å². The van der Waals surface area contributed by atoms with E-state index in [-0.39, 0.29) is 5.82 Å². The predicted octanol–water partition coefficient (Wildman–Crippen LogP) is 2.56. The van der Waals surface area contributed by atoms with Crippen molar-refractivity contribution in [2.45, 2.75) is 37.8 Å². The van der Waals surface area contributed by atoms with E-state index in [1.807, 2.05) is 0 Å². The van der Waals surface area contributed by atoms with E-state index in [9.17, 15) is 4.39 Å². The van der Waals surface area contributed by atoms with Gasteiger partial charge in [-0.15, -0.1) is 0 Å². The lowest BCUT2D eigenvalue weighted by Gasteiger charge is -2.35. The number of aromatic nitrogens is 2.